The zero-order valence-electron chi connectivity index (χ0n) is 6.36. The van der Waals surface area contributed by atoms with Gasteiger partial charge in [-0.3, -0.25) is 4.57 Å². The number of hydrogen-bond donors (Lipinski definition) is 3. The Balaban J connectivity index is 0. The minimum absolute atomic E-state index is 0. The van der Waals surface area contributed by atoms with E-state index in [-0.39, 0.29) is 17.1 Å². The third-order valence-electron chi connectivity index (χ3n) is 1.08. The van der Waals surface area contributed by atoms with Crippen molar-refractivity contribution in [2.75, 3.05) is 0 Å². The molecule has 0 saturated heterocycles. The minimum Gasteiger partial charge on any atom is -0.809 e. The maximum atomic E-state index is 10.5. The van der Waals surface area contributed by atoms with Gasteiger partial charge in [0.05, 0.1) is 0 Å². The van der Waals surface area contributed by atoms with Gasteiger partial charge in [-0.1, -0.05) is 15.9 Å². The van der Waals surface area contributed by atoms with Gasteiger partial charge >= 0.3 is 24.7 Å². The quantitative estimate of drug-likeness (QED) is 0.270. The summed E-state index contributed by atoms with van der Waals surface area (Å²) in [5, 5.41) is 0. The van der Waals surface area contributed by atoms with Crippen molar-refractivity contribution in [1.82, 2.24) is 0 Å². The number of halogens is 1. The van der Waals surface area contributed by atoms with Crippen LogP contribution in [0.25, 0.3) is 0 Å². The van der Waals surface area contributed by atoms with Gasteiger partial charge in [-0.25, -0.2) is 0 Å². The SMILES string of the molecule is O=P([O-])([O-])C(Br)(P(=O)([O-])O)P(=O)(O)O.[Fe+3]. The molecule has 91 valence electrons. The van der Waals surface area contributed by atoms with Gasteiger partial charge in [-0.05, 0) is 7.60 Å². The Morgan fingerprint density at radius 1 is 1.00 bits per heavy atom. The molecule has 0 saturated carbocycles. The fourth-order valence-electron chi connectivity index (χ4n) is 0.479. The second kappa shape index (κ2) is 4.98. The monoisotopic (exact) mass is 387 g/mol. The Morgan fingerprint density at radius 3 is 1.27 bits per heavy atom. The van der Waals surface area contributed by atoms with Crippen molar-refractivity contribution in [3.8, 4) is 0 Å². The summed E-state index contributed by atoms with van der Waals surface area (Å²) in [6.45, 7) is 0. The summed E-state index contributed by atoms with van der Waals surface area (Å²) < 4.78 is 27.0. The van der Waals surface area contributed by atoms with E-state index >= 15 is 0 Å². The van der Waals surface area contributed by atoms with E-state index in [1.807, 2.05) is 0 Å². The fourth-order valence-corrected chi connectivity index (χ4v) is 4.31. The summed E-state index contributed by atoms with van der Waals surface area (Å²) in [7, 11) is -18.3. The van der Waals surface area contributed by atoms with Crippen LogP contribution in [0.5, 0.6) is 0 Å². The van der Waals surface area contributed by atoms with Crippen LogP contribution in [0.4, 0.5) is 0 Å². The van der Waals surface area contributed by atoms with E-state index in [9.17, 15) is 28.4 Å². The van der Waals surface area contributed by atoms with Gasteiger partial charge in [0.25, 0.3) is 0 Å². The predicted octanol–water partition coefficient (Wildman–Crippen LogP) is -2.37. The molecule has 9 nitrogen and oxygen atoms in total. The minimum atomic E-state index is -6.30. The van der Waals surface area contributed by atoms with Crippen LogP contribution in [0.3, 0.4) is 0 Å². The average molecular weight is 388 g/mol. The van der Waals surface area contributed by atoms with Crippen LogP contribution in [0.15, 0.2) is 0 Å². The second-order valence-corrected chi connectivity index (χ2v) is 11.3. The molecule has 0 fully saturated rings. The molecule has 1 radical (unpaired) electrons. The predicted molar refractivity (Wildman–Crippen MR) is 41.1 cm³/mol. The normalized spacial score (nSPS) is 21.0. The molecule has 3 N–H and O–H groups in total. The topological polar surface area (TPSA) is 181 Å². The molecule has 2 unspecified atom stereocenters. The van der Waals surface area contributed by atoms with Crippen LogP contribution in [-0.4, -0.2) is 18.2 Å². The van der Waals surface area contributed by atoms with Gasteiger partial charge in [-0.2, -0.15) is 0 Å². The van der Waals surface area contributed by atoms with Gasteiger partial charge in [-0.15, -0.1) is 0 Å². The molecule has 0 spiro atoms. The van der Waals surface area contributed by atoms with E-state index < -0.39 is 26.3 Å². The molecule has 15 heavy (non-hydrogen) atoms. The molecule has 0 aromatic carbocycles. The number of alkyl halides is 1. The van der Waals surface area contributed by atoms with Gasteiger partial charge in [0.15, 0.2) is 7.60 Å². The molecule has 0 aliphatic rings. The van der Waals surface area contributed by atoms with Gasteiger partial charge in [0, 0.05) is 0 Å². The number of hydrogen-bond acceptors (Lipinski definition) is 6. The Labute approximate surface area is 102 Å². The van der Waals surface area contributed by atoms with E-state index in [2.05, 4.69) is 0 Å². The molecule has 0 bridgehead atoms. The van der Waals surface area contributed by atoms with E-state index in [1.165, 1.54) is 0 Å². The Bertz CT molecular complexity index is 304. The van der Waals surface area contributed by atoms with Crippen molar-refractivity contribution in [1.29, 1.82) is 0 Å². The molecule has 0 aliphatic heterocycles. The van der Waals surface area contributed by atoms with Crippen molar-refractivity contribution in [2.24, 2.45) is 0 Å². The smallest absolute Gasteiger partial charge is 0.809 e. The summed E-state index contributed by atoms with van der Waals surface area (Å²) in [6.07, 6.45) is 0. The summed E-state index contributed by atoms with van der Waals surface area (Å²) >= 11 is 1.57. The second-order valence-electron chi connectivity index (χ2n) is 2.12. The zero-order chi connectivity index (χ0) is 12.0. The molecule has 2 atom stereocenters. The van der Waals surface area contributed by atoms with Gasteiger partial charge in [0.1, 0.15) is 0 Å². The third-order valence-corrected chi connectivity index (χ3v) is 11.8. The van der Waals surface area contributed by atoms with E-state index in [4.69, 9.17) is 14.7 Å². The molecular weight excluding hydrogens is 385 g/mol. The standard InChI is InChI=1S/CH6BrO9P3.Fe/c2-1(12(3,4)5,13(6,7)8)14(9,10)11;/h(H2,3,4,5)(H2,6,7,8)(H2,9,10,11);/q;+3/p-3. The molecule has 0 rings (SSSR count). The molecular formula is CH3BrFeO9P3. The Kier molecular flexibility index (Phi) is 6.24. The van der Waals surface area contributed by atoms with Crippen molar-refractivity contribution in [3.05, 3.63) is 0 Å². The fraction of sp³-hybridized carbons (Fsp3) is 1.00. The number of rotatable bonds is 3. The van der Waals surface area contributed by atoms with Gasteiger partial charge < -0.3 is 38.5 Å². The van der Waals surface area contributed by atoms with Crippen LogP contribution in [0.2, 0.25) is 0 Å². The molecule has 0 aromatic rings. The Hall–Kier alpha value is 1.45. The maximum absolute atomic E-state index is 10.5. The van der Waals surface area contributed by atoms with Crippen LogP contribution >= 0.6 is 38.7 Å². The average Bonchev–Trinajstić information content (AvgIpc) is 1.77. The van der Waals surface area contributed by atoms with Crippen molar-refractivity contribution < 1.29 is 60.1 Å². The van der Waals surface area contributed by atoms with Crippen LogP contribution in [0, 0.1) is 0 Å². The molecule has 0 aromatic heterocycles. The largest absolute Gasteiger partial charge is 3.00 e. The maximum Gasteiger partial charge on any atom is 3.00 e. The first kappa shape index (κ1) is 18.8. The van der Waals surface area contributed by atoms with Crippen molar-refractivity contribution in [2.45, 2.75) is 3.55 Å². The first-order chi connectivity index (χ1) is 5.75. The van der Waals surface area contributed by atoms with Crippen LogP contribution in [-0.2, 0) is 30.8 Å². The van der Waals surface area contributed by atoms with E-state index in [0.717, 1.165) is 0 Å². The van der Waals surface area contributed by atoms with Crippen molar-refractivity contribution in [3.63, 3.8) is 0 Å². The first-order valence-electron chi connectivity index (χ1n) is 2.56. The summed E-state index contributed by atoms with van der Waals surface area (Å²) in [4.78, 5) is 56.1. The van der Waals surface area contributed by atoms with E-state index in [1.54, 1.807) is 15.9 Å². The molecule has 0 heterocycles. The molecule has 14 heteroatoms. The first-order valence-corrected chi connectivity index (χ1v) is 8.08. The third kappa shape index (κ3) is 3.45. The molecule has 0 amide bonds. The van der Waals surface area contributed by atoms with Crippen molar-refractivity contribution >= 4 is 38.7 Å². The summed E-state index contributed by atoms with van der Waals surface area (Å²) in [5.74, 6) is 0. The van der Waals surface area contributed by atoms with Crippen LogP contribution < -0.4 is 14.7 Å². The summed E-state index contributed by atoms with van der Waals surface area (Å²) in [6, 6.07) is 0. The molecule has 0 aliphatic carbocycles. The Morgan fingerprint density at radius 2 is 1.27 bits per heavy atom. The van der Waals surface area contributed by atoms with Gasteiger partial charge in [0.2, 0.25) is 3.55 Å². The summed E-state index contributed by atoms with van der Waals surface area (Å²) in [5.41, 5.74) is 0. The van der Waals surface area contributed by atoms with E-state index in [0.29, 0.717) is 0 Å². The van der Waals surface area contributed by atoms with Crippen LogP contribution in [0.1, 0.15) is 0 Å². The zero-order valence-corrected chi connectivity index (χ0v) is 11.7.